The molecule has 2 N–H and O–H groups in total. The van der Waals surface area contributed by atoms with E-state index in [9.17, 15) is 38.4 Å². The summed E-state index contributed by atoms with van der Waals surface area (Å²) in [4.78, 5) is 112. The van der Waals surface area contributed by atoms with Crippen LogP contribution in [-0.2, 0) is 51.3 Å². The third-order valence-electron chi connectivity index (χ3n) is 12.8. The van der Waals surface area contributed by atoms with Crippen molar-refractivity contribution in [1.82, 2.24) is 34.7 Å². The number of rotatable bonds is 24. The minimum absolute atomic E-state index is 0.00595. The van der Waals surface area contributed by atoms with E-state index in [1.54, 1.807) is 50.4 Å². The predicted octanol–water partition coefficient (Wildman–Crippen LogP) is 2.72. The topological polar surface area (TPSA) is 199 Å². The highest BCUT2D eigenvalue weighted by Gasteiger charge is 2.42. The smallest absolute Gasteiger partial charge is 0.280 e. The van der Waals surface area contributed by atoms with Gasteiger partial charge < -0.3 is 39.6 Å². The monoisotopic (exact) mass is 923 g/mol. The Bertz CT molecular complexity index is 1840. The van der Waals surface area contributed by atoms with Crippen LogP contribution < -0.4 is 21.8 Å². The summed E-state index contributed by atoms with van der Waals surface area (Å²) in [5, 5.41) is 5.80. The molecule has 1 saturated heterocycles. The van der Waals surface area contributed by atoms with E-state index in [-0.39, 0.29) is 97.4 Å². The van der Waals surface area contributed by atoms with Gasteiger partial charge >= 0.3 is 0 Å². The summed E-state index contributed by atoms with van der Waals surface area (Å²) in [6.45, 7) is 14.0. The minimum atomic E-state index is -0.953. The number of carbonyl (C=O) groups excluding carboxylic acids is 6. The first-order valence-electron chi connectivity index (χ1n) is 22.1. The maximum Gasteiger partial charge on any atom is 0.280 e. The van der Waals surface area contributed by atoms with Crippen molar-refractivity contribution in [1.29, 1.82) is 0 Å². The number of likely N-dealkylation sites (N-methyl/N-ethyl adjacent to an activating group) is 2. The molecule has 0 radical (unpaired) electrons. The Morgan fingerprint density at radius 2 is 1.48 bits per heavy atom. The number of aromatic nitrogens is 2. The van der Waals surface area contributed by atoms with Crippen LogP contribution in [0.3, 0.4) is 0 Å². The van der Waals surface area contributed by atoms with Crippen LogP contribution in [0.5, 0.6) is 0 Å². The van der Waals surface area contributed by atoms with Crippen molar-refractivity contribution < 1.29 is 38.2 Å². The van der Waals surface area contributed by atoms with Crippen molar-refractivity contribution in [3.05, 3.63) is 20.7 Å². The molecule has 3 heterocycles. The molecule has 63 heavy (non-hydrogen) atoms. The first-order chi connectivity index (χ1) is 29.8. The quantitative estimate of drug-likeness (QED) is 0.0875. The molecule has 1 aromatic heterocycles. The van der Waals surface area contributed by atoms with E-state index in [1.165, 1.54) is 44.9 Å². The van der Waals surface area contributed by atoms with Crippen LogP contribution in [0, 0.1) is 29.6 Å². The first kappa shape index (κ1) is 53.7. The molecule has 8 atom stereocenters. The number of hydrogen-bond donors (Lipinski definition) is 2. The van der Waals surface area contributed by atoms with Crippen LogP contribution in [-0.4, -0.2) is 150 Å². The van der Waals surface area contributed by atoms with E-state index in [2.05, 4.69) is 10.6 Å². The maximum absolute atomic E-state index is 14.5. The lowest BCUT2D eigenvalue weighted by Crippen LogP contribution is -2.60. The molecule has 1 aromatic rings. The zero-order valence-electron chi connectivity index (χ0n) is 39.6. The molecule has 17 nitrogen and oxygen atoms in total. The number of aldehydes is 1. The molecular formula is C44H73N7O10S2. The van der Waals surface area contributed by atoms with E-state index in [1.807, 2.05) is 41.5 Å². The van der Waals surface area contributed by atoms with Gasteiger partial charge in [0.25, 0.3) is 11.1 Å². The normalized spacial score (nSPS) is 18.6. The van der Waals surface area contributed by atoms with Crippen molar-refractivity contribution >= 4 is 59.3 Å². The van der Waals surface area contributed by atoms with Gasteiger partial charge in [-0.05, 0) is 49.5 Å². The fourth-order valence-electron chi connectivity index (χ4n) is 9.10. The highest BCUT2D eigenvalue weighted by Crippen LogP contribution is 2.29. The molecule has 3 rings (SSSR count). The lowest BCUT2D eigenvalue weighted by atomic mass is 9.89. The molecular weight excluding hydrogens is 851 g/mol. The van der Waals surface area contributed by atoms with Crippen LogP contribution in [0.1, 0.15) is 87.0 Å². The van der Waals surface area contributed by atoms with Gasteiger partial charge in [-0.3, -0.25) is 33.6 Å². The molecule has 0 aliphatic carbocycles. The minimum Gasteiger partial charge on any atom is -0.379 e. The lowest BCUT2D eigenvalue weighted by Gasteiger charge is -2.41. The van der Waals surface area contributed by atoms with Gasteiger partial charge in [-0.15, -0.1) is 23.5 Å². The van der Waals surface area contributed by atoms with Crippen molar-refractivity contribution in [3.63, 3.8) is 0 Å². The predicted molar refractivity (Wildman–Crippen MR) is 245 cm³/mol. The SMILES string of the molecule is CC[C@H](C)[C@@H]([C@@H](CC(=O)N1CCC[C@H]1[C@H](OC)[C@@H](C)C=O)OC)N(C)C(=O)[C@@H](NC(=O)[C@H](C(C)C)N(C)C(=O)CCCNC(=O)C1Cn2c(=O)c(SC)c(SC)c(=O)n2C1)C(C)C. The zero-order chi connectivity index (χ0) is 47.5. The standard InChI is InChI=1S/C44H73N7O10S2/c1-14-27(6)36(31(60-10)21-33(54)49-20-16-17-30(49)37(61-11)28(7)24-52)48(9)42(57)34(25(2)3)46-41(56)35(26(4)5)47(8)32(53)18-15-19-45-40(55)29-22-50-43(58)38(62-12)39(63-13)44(59)51(50)23-29/h24-31,34-37H,14-23H2,1-13H3,(H,45,55)(H,46,56)/t27-,28-,30-,31+,34-,35-,36-,37+/m0/s1. The van der Waals surface area contributed by atoms with Crippen LogP contribution in [0.25, 0.3) is 0 Å². The molecule has 1 fully saturated rings. The van der Waals surface area contributed by atoms with Crippen LogP contribution in [0.4, 0.5) is 0 Å². The second-order valence-corrected chi connectivity index (χ2v) is 19.3. The number of carbonyl (C=O) groups is 6. The molecule has 2 aliphatic heterocycles. The summed E-state index contributed by atoms with van der Waals surface area (Å²) in [7, 11) is 6.30. The Balaban J connectivity index is 1.67. The molecule has 0 unspecified atom stereocenters. The second-order valence-electron chi connectivity index (χ2n) is 17.7. The van der Waals surface area contributed by atoms with E-state index in [0.29, 0.717) is 29.2 Å². The fraction of sp³-hybridized carbons (Fsp3) is 0.773. The molecule has 0 bridgehead atoms. The highest BCUT2D eigenvalue weighted by atomic mass is 32.2. The number of likely N-dealkylation sites (tertiary alicyclic amines) is 1. The van der Waals surface area contributed by atoms with E-state index in [4.69, 9.17) is 9.47 Å². The summed E-state index contributed by atoms with van der Waals surface area (Å²) < 4.78 is 14.3. The average Bonchev–Trinajstić information content (AvgIpc) is 3.93. The zero-order valence-corrected chi connectivity index (χ0v) is 41.3. The Morgan fingerprint density at radius 1 is 0.889 bits per heavy atom. The fourth-order valence-corrected chi connectivity index (χ4v) is 10.7. The number of fused-ring (bicyclic) bond motifs is 1. The average molecular weight is 924 g/mol. The molecule has 0 aromatic carbocycles. The Morgan fingerprint density at radius 3 is 1.95 bits per heavy atom. The number of hydrogen-bond acceptors (Lipinski definition) is 12. The number of amides is 5. The van der Waals surface area contributed by atoms with Crippen LogP contribution in [0.15, 0.2) is 19.4 Å². The van der Waals surface area contributed by atoms with Gasteiger partial charge in [0, 0.05) is 53.7 Å². The molecule has 356 valence electrons. The van der Waals surface area contributed by atoms with Gasteiger partial charge in [-0.25, -0.2) is 9.36 Å². The van der Waals surface area contributed by atoms with Crippen molar-refractivity contribution in [3.8, 4) is 0 Å². The Hall–Kier alpha value is -3.68. The Kier molecular flexibility index (Phi) is 20.9. The second kappa shape index (κ2) is 24.6. The van der Waals surface area contributed by atoms with E-state index < -0.39 is 48.1 Å². The number of ether oxygens (including phenoxy) is 2. The lowest BCUT2D eigenvalue weighted by molar-refractivity contribution is -0.148. The molecule has 0 saturated carbocycles. The third kappa shape index (κ3) is 12.6. The molecule has 2 aliphatic rings. The summed E-state index contributed by atoms with van der Waals surface area (Å²) in [5.74, 6) is -3.36. The number of methoxy groups -OCH3 is 2. The summed E-state index contributed by atoms with van der Waals surface area (Å²) in [5.41, 5.74) is -0.602. The van der Waals surface area contributed by atoms with E-state index in [0.717, 1.165) is 12.7 Å². The molecule has 0 spiro atoms. The summed E-state index contributed by atoms with van der Waals surface area (Å²) >= 11 is 2.42. The number of nitrogens with one attached hydrogen (secondary N) is 2. The van der Waals surface area contributed by atoms with Gasteiger partial charge in [0.15, 0.2) is 0 Å². The van der Waals surface area contributed by atoms with E-state index >= 15 is 0 Å². The number of nitrogens with zero attached hydrogens (tertiary/aromatic N) is 5. The van der Waals surface area contributed by atoms with Crippen molar-refractivity contribution in [2.24, 2.45) is 29.6 Å². The summed E-state index contributed by atoms with van der Waals surface area (Å²) in [6.07, 6.45) is 5.73. The third-order valence-corrected chi connectivity index (χ3v) is 14.5. The maximum atomic E-state index is 14.5. The van der Waals surface area contributed by atoms with Gasteiger partial charge in [-0.2, -0.15) is 0 Å². The van der Waals surface area contributed by atoms with Gasteiger partial charge in [0.05, 0.1) is 59.5 Å². The van der Waals surface area contributed by atoms with Gasteiger partial charge in [0.1, 0.15) is 18.4 Å². The van der Waals surface area contributed by atoms with Gasteiger partial charge in [-0.1, -0.05) is 54.9 Å². The van der Waals surface area contributed by atoms with Crippen LogP contribution in [0.2, 0.25) is 0 Å². The van der Waals surface area contributed by atoms with Gasteiger partial charge in [0.2, 0.25) is 29.5 Å². The van der Waals surface area contributed by atoms with Crippen LogP contribution >= 0.6 is 23.5 Å². The molecule has 19 heteroatoms. The number of thioether (sulfide) groups is 2. The van der Waals surface area contributed by atoms with Crippen molar-refractivity contribution in [2.75, 3.05) is 53.9 Å². The Labute approximate surface area is 381 Å². The van der Waals surface area contributed by atoms with Crippen molar-refractivity contribution in [2.45, 2.75) is 146 Å². The highest BCUT2D eigenvalue weighted by molar-refractivity contribution is 8.01. The molecule has 5 amide bonds. The summed E-state index contributed by atoms with van der Waals surface area (Å²) in [6, 6.07) is -2.64. The largest absolute Gasteiger partial charge is 0.379 e. The first-order valence-corrected chi connectivity index (χ1v) is 24.6.